The van der Waals surface area contributed by atoms with E-state index >= 15 is 0 Å². The first-order valence-electron chi connectivity index (χ1n) is 6.24. The molecule has 1 heterocycles. The molecule has 4 nitrogen and oxygen atoms in total. The molecule has 0 aliphatic rings. The Hall–Kier alpha value is -2.11. The number of H-pyrrole nitrogens is 1. The van der Waals surface area contributed by atoms with Gasteiger partial charge in [-0.1, -0.05) is 30.3 Å². The summed E-state index contributed by atoms with van der Waals surface area (Å²) in [4.78, 5) is 3.64. The number of nitrogens with one attached hydrogen (secondary N) is 1. The van der Waals surface area contributed by atoms with Gasteiger partial charge in [-0.2, -0.15) is 4.36 Å². The molecule has 0 saturated carbocycles. The summed E-state index contributed by atoms with van der Waals surface area (Å²) in [6, 6.07) is 15.0. The Morgan fingerprint density at radius 1 is 1.15 bits per heavy atom. The van der Waals surface area contributed by atoms with Crippen LogP contribution >= 0.6 is 0 Å². The minimum absolute atomic E-state index is 0.544. The zero-order chi connectivity index (χ0) is 14.2. The molecule has 3 aromatic rings. The molecule has 0 bridgehead atoms. The Morgan fingerprint density at radius 2 is 1.95 bits per heavy atom. The van der Waals surface area contributed by atoms with Crippen LogP contribution < -0.4 is 5.14 Å². The van der Waals surface area contributed by atoms with Crippen LogP contribution in [0.15, 0.2) is 64.0 Å². The topological polar surface area (TPSA) is 71.2 Å². The molecule has 102 valence electrons. The Morgan fingerprint density at radius 3 is 2.75 bits per heavy atom. The minimum atomic E-state index is -2.94. The number of fused-ring (bicyclic) bond motifs is 1. The molecule has 0 radical (unpaired) electrons. The SMILES string of the molecule is Cc1cccc(S(N)(=O)=Nc2c[nH]c3ccccc23)c1. The molecule has 1 aromatic heterocycles. The number of nitrogens with two attached hydrogens (primary N) is 1. The lowest BCUT2D eigenvalue weighted by molar-refractivity contribution is 0.678. The van der Waals surface area contributed by atoms with Crippen LogP contribution in [-0.4, -0.2) is 9.19 Å². The quantitative estimate of drug-likeness (QED) is 0.743. The van der Waals surface area contributed by atoms with E-state index in [1.165, 1.54) is 0 Å². The van der Waals surface area contributed by atoms with Gasteiger partial charge in [-0.15, -0.1) is 0 Å². The first-order valence-corrected chi connectivity index (χ1v) is 7.82. The fourth-order valence-electron chi connectivity index (χ4n) is 2.13. The normalized spacial score (nSPS) is 14.1. The largest absolute Gasteiger partial charge is 0.359 e. The highest BCUT2D eigenvalue weighted by Gasteiger charge is 2.09. The average molecular weight is 285 g/mol. The summed E-state index contributed by atoms with van der Waals surface area (Å²) in [5, 5.41) is 6.85. The molecule has 1 unspecified atom stereocenters. The minimum Gasteiger partial charge on any atom is -0.359 e. The van der Waals surface area contributed by atoms with Crippen molar-refractivity contribution < 1.29 is 4.21 Å². The van der Waals surface area contributed by atoms with Gasteiger partial charge in [-0.25, -0.2) is 9.35 Å². The van der Waals surface area contributed by atoms with E-state index < -0.39 is 9.92 Å². The summed E-state index contributed by atoms with van der Waals surface area (Å²) in [6.45, 7) is 1.94. The predicted molar refractivity (Wildman–Crippen MR) is 82.2 cm³/mol. The fourth-order valence-corrected chi connectivity index (χ4v) is 3.30. The number of hydrogen-bond donors (Lipinski definition) is 2. The molecule has 1 atom stereocenters. The Labute approximate surface area is 117 Å². The van der Waals surface area contributed by atoms with Gasteiger partial charge in [0.2, 0.25) is 0 Å². The fraction of sp³-hybridized carbons (Fsp3) is 0.0667. The van der Waals surface area contributed by atoms with E-state index in [9.17, 15) is 4.21 Å². The second-order valence-electron chi connectivity index (χ2n) is 4.70. The summed E-state index contributed by atoms with van der Waals surface area (Å²) in [5.41, 5.74) is 2.58. The van der Waals surface area contributed by atoms with E-state index in [0.29, 0.717) is 10.6 Å². The number of rotatable bonds is 2. The molecule has 5 heteroatoms. The van der Waals surface area contributed by atoms with Gasteiger partial charge in [0.15, 0.2) is 0 Å². The van der Waals surface area contributed by atoms with Gasteiger partial charge in [0, 0.05) is 17.1 Å². The number of nitrogens with zero attached hydrogens (tertiary/aromatic N) is 1. The highest BCUT2D eigenvalue weighted by Crippen LogP contribution is 2.27. The summed E-state index contributed by atoms with van der Waals surface area (Å²) in [5.74, 6) is 0. The van der Waals surface area contributed by atoms with Crippen molar-refractivity contribution in [3.8, 4) is 0 Å². The molecular weight excluding hydrogens is 270 g/mol. The lowest BCUT2D eigenvalue weighted by atomic mass is 10.2. The second kappa shape index (κ2) is 4.77. The third kappa shape index (κ3) is 2.33. The molecule has 3 rings (SSSR count). The van der Waals surface area contributed by atoms with Gasteiger partial charge < -0.3 is 4.98 Å². The molecule has 3 N–H and O–H groups in total. The van der Waals surface area contributed by atoms with Crippen molar-refractivity contribution in [3.05, 3.63) is 60.3 Å². The van der Waals surface area contributed by atoms with Gasteiger partial charge in [0.1, 0.15) is 9.92 Å². The number of aryl methyl sites for hydroxylation is 1. The smallest absolute Gasteiger partial charge is 0.139 e. The first-order chi connectivity index (χ1) is 9.56. The number of benzene rings is 2. The third-order valence-electron chi connectivity index (χ3n) is 3.13. The van der Waals surface area contributed by atoms with Crippen molar-refractivity contribution >= 4 is 26.5 Å². The summed E-state index contributed by atoms with van der Waals surface area (Å²) in [7, 11) is -2.94. The molecule has 0 saturated heterocycles. The van der Waals surface area contributed by atoms with Crippen LogP contribution in [0.1, 0.15) is 5.56 Å². The van der Waals surface area contributed by atoms with E-state index in [2.05, 4.69) is 9.35 Å². The molecule has 0 aliphatic carbocycles. The van der Waals surface area contributed by atoms with Crippen LogP contribution in [-0.2, 0) is 9.92 Å². The Balaban J connectivity index is 2.18. The predicted octanol–water partition coefficient (Wildman–Crippen LogP) is 3.51. The van der Waals surface area contributed by atoms with E-state index in [1.807, 2.05) is 43.3 Å². The first kappa shape index (κ1) is 12.9. The van der Waals surface area contributed by atoms with E-state index in [-0.39, 0.29) is 0 Å². The monoisotopic (exact) mass is 285 g/mol. The molecule has 0 aliphatic heterocycles. The van der Waals surface area contributed by atoms with Crippen LogP contribution in [0.3, 0.4) is 0 Å². The maximum atomic E-state index is 12.6. The number of aromatic nitrogens is 1. The van der Waals surface area contributed by atoms with Crippen molar-refractivity contribution in [2.75, 3.05) is 0 Å². The maximum absolute atomic E-state index is 12.6. The number of para-hydroxylation sites is 1. The molecule has 0 amide bonds. The van der Waals surface area contributed by atoms with Crippen molar-refractivity contribution in [1.82, 2.24) is 4.98 Å². The standard InChI is InChI=1S/C15H15N3OS/c1-11-5-4-6-12(9-11)20(16,19)18-15-10-17-14-8-3-2-7-13(14)15/h2-10,17H,1H3,(H2,16,18,19). The zero-order valence-electron chi connectivity index (χ0n) is 11.0. The van der Waals surface area contributed by atoms with Gasteiger partial charge in [-0.05, 0) is 30.7 Å². The lowest BCUT2D eigenvalue weighted by Crippen LogP contribution is -2.11. The third-order valence-corrected chi connectivity index (χ3v) is 4.53. The lowest BCUT2D eigenvalue weighted by Gasteiger charge is -2.04. The summed E-state index contributed by atoms with van der Waals surface area (Å²) in [6.07, 6.45) is 1.73. The molecule has 0 spiro atoms. The second-order valence-corrected chi connectivity index (χ2v) is 6.49. The summed E-state index contributed by atoms with van der Waals surface area (Å²) >= 11 is 0. The van der Waals surface area contributed by atoms with E-state index in [0.717, 1.165) is 16.5 Å². The van der Waals surface area contributed by atoms with Gasteiger partial charge in [0.05, 0.1) is 10.6 Å². The summed E-state index contributed by atoms with van der Waals surface area (Å²) < 4.78 is 16.9. The van der Waals surface area contributed by atoms with Gasteiger partial charge >= 0.3 is 0 Å². The zero-order valence-corrected chi connectivity index (χ0v) is 11.9. The number of aromatic amines is 1. The molecule has 20 heavy (non-hydrogen) atoms. The van der Waals surface area contributed by atoms with E-state index in [4.69, 9.17) is 5.14 Å². The molecule has 2 aromatic carbocycles. The van der Waals surface area contributed by atoms with Gasteiger partial charge in [-0.3, -0.25) is 0 Å². The van der Waals surface area contributed by atoms with Crippen LogP contribution in [0, 0.1) is 6.92 Å². The van der Waals surface area contributed by atoms with Crippen molar-refractivity contribution in [2.24, 2.45) is 9.50 Å². The Bertz CT molecular complexity index is 889. The Kier molecular flexibility index (Phi) is 3.08. The van der Waals surface area contributed by atoms with Gasteiger partial charge in [0.25, 0.3) is 0 Å². The van der Waals surface area contributed by atoms with Crippen LogP contribution in [0.4, 0.5) is 5.69 Å². The van der Waals surface area contributed by atoms with Crippen LogP contribution in [0.2, 0.25) is 0 Å². The van der Waals surface area contributed by atoms with Crippen LogP contribution in [0.25, 0.3) is 10.9 Å². The van der Waals surface area contributed by atoms with Crippen molar-refractivity contribution in [3.63, 3.8) is 0 Å². The highest BCUT2D eigenvalue weighted by molar-refractivity contribution is 7.91. The number of hydrogen-bond acceptors (Lipinski definition) is 2. The van der Waals surface area contributed by atoms with Crippen LogP contribution in [0.5, 0.6) is 0 Å². The molecule has 0 fully saturated rings. The van der Waals surface area contributed by atoms with Crippen molar-refractivity contribution in [1.29, 1.82) is 0 Å². The van der Waals surface area contributed by atoms with E-state index in [1.54, 1.807) is 18.3 Å². The highest BCUT2D eigenvalue weighted by atomic mass is 32.2. The average Bonchev–Trinajstić information content (AvgIpc) is 2.82. The molecular formula is C15H15N3OS. The maximum Gasteiger partial charge on any atom is 0.139 e. The van der Waals surface area contributed by atoms with Crippen molar-refractivity contribution in [2.45, 2.75) is 11.8 Å².